The Hall–Kier alpha value is -3.72. The molecule has 5 heterocycles. The molecule has 1 aliphatic carbocycles. The molecule has 7 rings (SSSR count). The molecule has 3 amide bonds. The number of fused-ring (bicyclic) bond motifs is 2. The Labute approximate surface area is 221 Å². The number of benzene rings is 1. The van der Waals surface area contributed by atoms with Crippen molar-refractivity contribution in [2.45, 2.75) is 69.6 Å². The van der Waals surface area contributed by atoms with Gasteiger partial charge in [0.2, 0.25) is 11.8 Å². The fourth-order valence-electron chi connectivity index (χ4n) is 5.85. The Kier molecular flexibility index (Phi) is 6.84. The van der Waals surface area contributed by atoms with Crippen LogP contribution < -0.4 is 15.4 Å². The van der Waals surface area contributed by atoms with E-state index in [1.807, 2.05) is 24.5 Å². The number of piperidine rings is 1. The van der Waals surface area contributed by atoms with E-state index in [4.69, 9.17) is 4.74 Å². The number of rotatable bonds is 4. The van der Waals surface area contributed by atoms with Gasteiger partial charge in [0.05, 0.1) is 6.10 Å². The van der Waals surface area contributed by atoms with Crippen LogP contribution in [0.25, 0.3) is 11.0 Å². The lowest BCUT2D eigenvalue weighted by Gasteiger charge is -2.29. The maximum absolute atomic E-state index is 12.6. The van der Waals surface area contributed by atoms with Gasteiger partial charge in [0, 0.05) is 55.3 Å². The summed E-state index contributed by atoms with van der Waals surface area (Å²) in [7, 11) is 0. The van der Waals surface area contributed by atoms with E-state index >= 15 is 0 Å². The molecule has 0 bridgehead atoms. The van der Waals surface area contributed by atoms with Crippen molar-refractivity contribution in [3.8, 4) is 5.75 Å². The molecule has 1 aromatic carbocycles. The lowest BCUT2D eigenvalue weighted by atomic mass is 9.92. The highest BCUT2D eigenvalue weighted by molar-refractivity contribution is 6.05. The minimum Gasteiger partial charge on any atom is -0.490 e. The maximum Gasteiger partial charge on any atom is 0.255 e. The monoisotopic (exact) mass is 515 g/mol. The van der Waals surface area contributed by atoms with Crippen LogP contribution >= 0.6 is 0 Å². The summed E-state index contributed by atoms with van der Waals surface area (Å²) in [6.45, 7) is 2.59. The molecule has 3 aliphatic heterocycles. The van der Waals surface area contributed by atoms with Gasteiger partial charge in [-0.3, -0.25) is 19.7 Å². The summed E-state index contributed by atoms with van der Waals surface area (Å²) in [5.74, 6) is 0.684. The number of hydrogen-bond acceptors (Lipinski definition) is 6. The summed E-state index contributed by atoms with van der Waals surface area (Å²) >= 11 is 0. The third-order valence-electron chi connectivity index (χ3n) is 8.07. The molecule has 4 aliphatic rings. The zero-order valence-corrected chi connectivity index (χ0v) is 21.4. The zero-order chi connectivity index (χ0) is 26.1. The lowest BCUT2D eigenvalue weighted by Crippen LogP contribution is -2.52. The van der Waals surface area contributed by atoms with Crippen molar-refractivity contribution in [3.63, 3.8) is 0 Å². The molecule has 2 aromatic heterocycles. The van der Waals surface area contributed by atoms with Crippen molar-refractivity contribution in [2.75, 3.05) is 13.1 Å². The van der Waals surface area contributed by atoms with Gasteiger partial charge in [-0.25, -0.2) is 4.98 Å². The molecule has 0 radical (unpaired) electrons. The van der Waals surface area contributed by atoms with Gasteiger partial charge in [0.1, 0.15) is 17.4 Å². The van der Waals surface area contributed by atoms with E-state index in [2.05, 4.69) is 32.7 Å². The number of nitrogens with zero attached hydrogens (tertiary/aromatic N) is 2. The number of pyridine rings is 1. The summed E-state index contributed by atoms with van der Waals surface area (Å²) in [4.78, 5) is 45.0. The highest BCUT2D eigenvalue weighted by Gasteiger charge is 2.39. The van der Waals surface area contributed by atoms with E-state index in [1.165, 1.54) is 30.2 Å². The molecule has 38 heavy (non-hydrogen) atoms. The summed E-state index contributed by atoms with van der Waals surface area (Å²) in [6.07, 6.45) is 10.6. The number of ether oxygens (including phenoxy) is 1. The van der Waals surface area contributed by atoms with Gasteiger partial charge in [-0.2, -0.15) is 0 Å². The minimum absolute atomic E-state index is 0.145. The van der Waals surface area contributed by atoms with Crippen LogP contribution in [0.15, 0.2) is 42.7 Å². The average Bonchev–Trinajstić information content (AvgIpc) is 3.49. The fraction of sp³-hybridized carbons (Fsp3) is 0.448. The van der Waals surface area contributed by atoms with Gasteiger partial charge in [-0.05, 0) is 73.6 Å². The van der Waals surface area contributed by atoms with E-state index < -0.39 is 6.04 Å². The molecule has 1 saturated carbocycles. The third kappa shape index (κ3) is 4.90. The van der Waals surface area contributed by atoms with Crippen molar-refractivity contribution in [3.05, 3.63) is 59.4 Å². The molecule has 9 nitrogen and oxygen atoms in total. The first-order valence-corrected chi connectivity index (χ1v) is 13.6. The normalized spacial score (nSPS) is 21.9. The van der Waals surface area contributed by atoms with Crippen LogP contribution in [0.2, 0.25) is 0 Å². The lowest BCUT2D eigenvalue weighted by molar-refractivity contribution is -0.136. The first-order valence-electron chi connectivity index (χ1n) is 13.6. The number of aromatic nitrogens is 2. The highest BCUT2D eigenvalue weighted by Crippen LogP contribution is 2.32. The minimum atomic E-state index is -0.569. The van der Waals surface area contributed by atoms with Gasteiger partial charge in [0.15, 0.2) is 0 Å². The highest BCUT2D eigenvalue weighted by atomic mass is 16.5. The fourth-order valence-corrected chi connectivity index (χ4v) is 5.85. The van der Waals surface area contributed by atoms with E-state index in [-0.39, 0.29) is 30.2 Å². The zero-order valence-electron chi connectivity index (χ0n) is 21.4. The molecule has 3 aromatic rings. The summed E-state index contributed by atoms with van der Waals surface area (Å²) in [6, 6.07) is 9.23. The smallest absolute Gasteiger partial charge is 0.255 e. The summed E-state index contributed by atoms with van der Waals surface area (Å²) in [5, 5.41) is 6.88. The molecule has 1 unspecified atom stereocenters. The van der Waals surface area contributed by atoms with Gasteiger partial charge in [-0.15, -0.1) is 0 Å². The quantitative estimate of drug-likeness (QED) is 0.459. The first kappa shape index (κ1) is 24.6. The number of aromatic amines is 1. The van der Waals surface area contributed by atoms with Crippen LogP contribution in [0.5, 0.6) is 5.75 Å². The molecular formula is C29H33N5O4. The molecule has 198 valence electrons. The van der Waals surface area contributed by atoms with Gasteiger partial charge in [-0.1, -0.05) is 6.42 Å². The van der Waals surface area contributed by atoms with Crippen LogP contribution in [0.1, 0.15) is 72.3 Å². The third-order valence-corrected chi connectivity index (χ3v) is 8.07. The van der Waals surface area contributed by atoms with Crippen molar-refractivity contribution >= 4 is 28.8 Å². The van der Waals surface area contributed by atoms with Crippen LogP contribution in [0.4, 0.5) is 0 Å². The van der Waals surface area contributed by atoms with Gasteiger partial charge < -0.3 is 19.9 Å². The Bertz CT molecular complexity index is 1360. The summed E-state index contributed by atoms with van der Waals surface area (Å²) < 4.78 is 6.08. The van der Waals surface area contributed by atoms with E-state index in [0.717, 1.165) is 42.9 Å². The van der Waals surface area contributed by atoms with Crippen LogP contribution in [-0.2, 0) is 16.1 Å². The summed E-state index contributed by atoms with van der Waals surface area (Å²) in [5.41, 5.74) is 3.94. The predicted octanol–water partition coefficient (Wildman–Crippen LogP) is 3.41. The second kappa shape index (κ2) is 10.6. The van der Waals surface area contributed by atoms with Crippen molar-refractivity contribution in [1.29, 1.82) is 0 Å². The molecule has 3 fully saturated rings. The average molecular weight is 516 g/mol. The first-order chi connectivity index (χ1) is 18.6. The number of carbonyl (C=O) groups is 3. The van der Waals surface area contributed by atoms with E-state index in [9.17, 15) is 14.4 Å². The predicted molar refractivity (Wildman–Crippen MR) is 142 cm³/mol. The van der Waals surface area contributed by atoms with Crippen molar-refractivity contribution in [1.82, 2.24) is 25.5 Å². The van der Waals surface area contributed by atoms with Crippen LogP contribution in [0, 0.1) is 0 Å². The van der Waals surface area contributed by atoms with Gasteiger partial charge >= 0.3 is 0 Å². The second-order valence-electron chi connectivity index (χ2n) is 10.6. The number of carbonyl (C=O) groups excluding carboxylic acids is 3. The Morgan fingerprint density at radius 2 is 1.82 bits per heavy atom. The molecule has 3 N–H and O–H groups in total. The Morgan fingerprint density at radius 3 is 2.58 bits per heavy atom. The number of hydrogen-bond donors (Lipinski definition) is 3. The standard InChI is InChI=1S/C19H22N2O4.C10H11N3/c22-17-9-8-16(18(23)20-17)21-11-12-10-14(6-7-15(12)19(21)24)25-13-4-2-1-3-5-13;1-3-12-10-9(2-4-13-10)8(1)7-5-11-6-7/h6-7,10,13,16H,1-5,8-9,11H2,(H,20,22,23);1-4,7,11H,5-6H2,(H,12,13). The number of imide groups is 1. The van der Waals surface area contributed by atoms with Crippen LogP contribution in [0.3, 0.4) is 0 Å². The largest absolute Gasteiger partial charge is 0.490 e. The SMILES string of the molecule is O=C1CCC(N2Cc3cc(OC4CCCCC4)ccc3C2=O)C(=O)N1.c1cc(C2CNC2)c2cc[nH]c2n1. The van der Waals surface area contributed by atoms with Crippen molar-refractivity contribution in [2.24, 2.45) is 0 Å². The van der Waals surface area contributed by atoms with Crippen LogP contribution in [-0.4, -0.2) is 57.8 Å². The Morgan fingerprint density at radius 1 is 0.974 bits per heavy atom. The number of H-pyrrole nitrogens is 1. The van der Waals surface area contributed by atoms with E-state index in [0.29, 0.717) is 24.4 Å². The molecule has 2 saturated heterocycles. The second-order valence-corrected chi connectivity index (χ2v) is 10.6. The molecule has 9 heteroatoms. The number of amides is 3. The topological polar surface area (TPSA) is 116 Å². The number of nitrogens with one attached hydrogen (secondary N) is 3. The maximum atomic E-state index is 12.6. The van der Waals surface area contributed by atoms with Crippen molar-refractivity contribution < 1.29 is 19.1 Å². The van der Waals surface area contributed by atoms with E-state index in [1.54, 1.807) is 11.0 Å². The molecular weight excluding hydrogens is 482 g/mol. The van der Waals surface area contributed by atoms with Gasteiger partial charge in [0.25, 0.3) is 5.91 Å². The Balaban J connectivity index is 0.000000169. The molecule has 1 atom stereocenters. The molecule has 0 spiro atoms.